The molecule has 1 fully saturated rings. The van der Waals surface area contributed by atoms with Gasteiger partial charge in [0.15, 0.2) is 6.29 Å². The third-order valence-electron chi connectivity index (χ3n) is 2.14. The van der Waals surface area contributed by atoms with E-state index in [0.717, 1.165) is 12.8 Å². The lowest BCUT2D eigenvalue weighted by Gasteiger charge is -2.27. The molecule has 0 aromatic carbocycles. The molecule has 0 aromatic rings. The Morgan fingerprint density at radius 2 is 1.93 bits per heavy atom. The Labute approximate surface area is 84.8 Å². The normalized spacial score (nSPS) is 15.9. The highest BCUT2D eigenvalue weighted by Crippen LogP contribution is 2.42. The average Bonchev–Trinajstić information content (AvgIpc) is 2.98. The summed E-state index contributed by atoms with van der Waals surface area (Å²) in [5.41, 5.74) is 0. The van der Waals surface area contributed by atoms with Gasteiger partial charge in [-0.15, -0.1) is 0 Å². The highest BCUT2D eigenvalue weighted by molar-refractivity contribution is 5.72. The predicted molar refractivity (Wildman–Crippen MR) is 52.5 cm³/mol. The fourth-order valence-electron chi connectivity index (χ4n) is 1.47. The van der Waals surface area contributed by atoms with E-state index in [-0.39, 0.29) is 0 Å². The fourth-order valence-corrected chi connectivity index (χ4v) is 1.47. The molecule has 0 amide bonds. The number of hydrogen-bond donors (Lipinski definition) is 0. The summed E-state index contributed by atoms with van der Waals surface area (Å²) in [6, 6.07) is 0. The summed E-state index contributed by atoms with van der Waals surface area (Å²) in [5.74, 6) is 4.68. The first kappa shape index (κ1) is 11.2. The van der Waals surface area contributed by atoms with E-state index in [1.54, 1.807) is 0 Å². The number of aldehydes is 1. The van der Waals surface area contributed by atoms with E-state index >= 15 is 0 Å². The highest BCUT2D eigenvalue weighted by Gasteiger charge is 2.46. The summed E-state index contributed by atoms with van der Waals surface area (Å²) in [5, 5.41) is 0. The molecule has 0 unspecified atom stereocenters. The molecule has 0 heterocycles. The number of carbonyl (C=O) groups is 1. The van der Waals surface area contributed by atoms with Crippen LogP contribution in [0.2, 0.25) is 0 Å². The minimum absolute atomic E-state index is 0.329. The van der Waals surface area contributed by atoms with Gasteiger partial charge in [-0.25, -0.2) is 0 Å². The number of carbonyl (C=O) groups excluding carboxylic acids is 1. The molecule has 78 valence electrons. The van der Waals surface area contributed by atoms with Crippen LogP contribution in [-0.2, 0) is 14.3 Å². The topological polar surface area (TPSA) is 35.5 Å². The Balaban J connectivity index is 2.76. The van der Waals surface area contributed by atoms with Crippen LogP contribution in [0.1, 0.15) is 26.7 Å². The molecule has 1 aliphatic carbocycles. The molecule has 0 aliphatic heterocycles. The van der Waals surface area contributed by atoms with Crippen LogP contribution in [0.15, 0.2) is 0 Å². The zero-order valence-corrected chi connectivity index (χ0v) is 8.71. The van der Waals surface area contributed by atoms with E-state index in [9.17, 15) is 4.79 Å². The van der Waals surface area contributed by atoms with Crippen molar-refractivity contribution in [2.24, 2.45) is 5.92 Å². The first-order chi connectivity index (χ1) is 6.79. The number of ether oxygens (including phenoxy) is 2. The van der Waals surface area contributed by atoms with Crippen LogP contribution in [-0.4, -0.2) is 25.3 Å². The molecule has 0 radical (unpaired) electrons. The van der Waals surface area contributed by atoms with Gasteiger partial charge in [0.2, 0.25) is 5.79 Å². The number of hydrogen-bond acceptors (Lipinski definition) is 3. The van der Waals surface area contributed by atoms with Crippen molar-refractivity contribution in [3.8, 4) is 11.8 Å². The molecule has 1 rings (SSSR count). The van der Waals surface area contributed by atoms with Crippen LogP contribution in [0, 0.1) is 17.8 Å². The van der Waals surface area contributed by atoms with Crippen molar-refractivity contribution < 1.29 is 14.3 Å². The maximum absolute atomic E-state index is 10.2. The third-order valence-corrected chi connectivity index (χ3v) is 2.14. The van der Waals surface area contributed by atoms with Gasteiger partial charge >= 0.3 is 0 Å². The summed E-state index contributed by atoms with van der Waals surface area (Å²) in [6.07, 6.45) is 2.70. The lowest BCUT2D eigenvalue weighted by Crippen LogP contribution is -2.37. The summed E-state index contributed by atoms with van der Waals surface area (Å²) in [7, 11) is 0. The Kier molecular flexibility index (Phi) is 4.12. The van der Waals surface area contributed by atoms with Crippen molar-refractivity contribution in [1.29, 1.82) is 0 Å². The van der Waals surface area contributed by atoms with Gasteiger partial charge in [-0.1, -0.05) is 0 Å². The van der Waals surface area contributed by atoms with Gasteiger partial charge < -0.3 is 9.47 Å². The third kappa shape index (κ3) is 2.57. The monoisotopic (exact) mass is 196 g/mol. The average molecular weight is 196 g/mol. The molecule has 0 bridgehead atoms. The Bertz CT molecular complexity index is 239. The van der Waals surface area contributed by atoms with E-state index in [4.69, 9.17) is 9.47 Å². The zero-order valence-electron chi connectivity index (χ0n) is 8.71. The van der Waals surface area contributed by atoms with Gasteiger partial charge in [0.1, 0.15) is 0 Å². The largest absolute Gasteiger partial charge is 0.340 e. The second-order valence-corrected chi connectivity index (χ2v) is 3.19. The van der Waals surface area contributed by atoms with E-state index < -0.39 is 5.79 Å². The van der Waals surface area contributed by atoms with Crippen molar-refractivity contribution in [2.75, 3.05) is 13.2 Å². The minimum atomic E-state index is -0.829. The second kappa shape index (κ2) is 5.14. The van der Waals surface area contributed by atoms with Gasteiger partial charge in [0, 0.05) is 19.1 Å². The van der Waals surface area contributed by atoms with E-state index in [2.05, 4.69) is 11.8 Å². The summed E-state index contributed by atoms with van der Waals surface area (Å²) >= 11 is 0. The van der Waals surface area contributed by atoms with Crippen LogP contribution < -0.4 is 0 Å². The molecule has 0 aromatic heterocycles. The van der Waals surface area contributed by atoms with Crippen molar-refractivity contribution in [1.82, 2.24) is 0 Å². The van der Waals surface area contributed by atoms with Crippen molar-refractivity contribution in [2.45, 2.75) is 32.5 Å². The van der Waals surface area contributed by atoms with Crippen LogP contribution >= 0.6 is 0 Å². The van der Waals surface area contributed by atoms with Crippen LogP contribution in [0.4, 0.5) is 0 Å². The summed E-state index contributed by atoms with van der Waals surface area (Å²) in [6.45, 7) is 4.89. The maximum atomic E-state index is 10.2. The molecule has 0 spiro atoms. The molecule has 14 heavy (non-hydrogen) atoms. The molecular formula is C11H16O3. The zero-order chi connectivity index (χ0) is 10.4. The first-order valence-corrected chi connectivity index (χ1v) is 5.03. The second-order valence-electron chi connectivity index (χ2n) is 3.19. The molecular weight excluding hydrogens is 180 g/mol. The molecule has 3 nitrogen and oxygen atoms in total. The number of rotatable bonds is 5. The van der Waals surface area contributed by atoms with Gasteiger partial charge in [-0.2, -0.15) is 0 Å². The molecule has 0 atom stereocenters. The fraction of sp³-hybridized carbons (Fsp3) is 0.727. The van der Waals surface area contributed by atoms with Gasteiger partial charge in [0.05, 0.1) is 0 Å². The van der Waals surface area contributed by atoms with Gasteiger partial charge in [-0.05, 0) is 38.5 Å². The molecule has 0 N–H and O–H groups in total. The quantitative estimate of drug-likeness (QED) is 0.378. The van der Waals surface area contributed by atoms with Crippen molar-refractivity contribution >= 4 is 6.29 Å². The Morgan fingerprint density at radius 1 is 1.36 bits per heavy atom. The standard InChI is InChI=1S/C11H16O3/c1-3-13-11(14-4-2,8-5-9-12)10-6-7-10/h9-10H,3-4,6-7H2,1-2H3. The molecule has 0 saturated heterocycles. The summed E-state index contributed by atoms with van der Waals surface area (Å²) in [4.78, 5) is 10.2. The molecule has 1 saturated carbocycles. The van der Waals surface area contributed by atoms with Crippen LogP contribution in [0.3, 0.4) is 0 Å². The SMILES string of the molecule is CCOC(C#CC=O)(OCC)C1CC1. The Hall–Kier alpha value is -0.850. The highest BCUT2D eigenvalue weighted by atomic mass is 16.7. The van der Waals surface area contributed by atoms with Gasteiger partial charge in [0.25, 0.3) is 0 Å². The van der Waals surface area contributed by atoms with Crippen molar-refractivity contribution in [3.63, 3.8) is 0 Å². The lowest BCUT2D eigenvalue weighted by atomic mass is 10.1. The summed E-state index contributed by atoms with van der Waals surface area (Å²) < 4.78 is 11.1. The predicted octanol–water partition coefficient (Wildman–Crippen LogP) is 1.37. The minimum Gasteiger partial charge on any atom is -0.340 e. The Morgan fingerprint density at radius 3 is 2.29 bits per heavy atom. The van der Waals surface area contributed by atoms with Crippen molar-refractivity contribution in [3.05, 3.63) is 0 Å². The van der Waals surface area contributed by atoms with E-state index in [1.807, 2.05) is 13.8 Å². The van der Waals surface area contributed by atoms with E-state index in [0.29, 0.717) is 25.4 Å². The molecule has 3 heteroatoms. The maximum Gasteiger partial charge on any atom is 0.236 e. The van der Waals surface area contributed by atoms with Crippen LogP contribution in [0.5, 0.6) is 0 Å². The van der Waals surface area contributed by atoms with Gasteiger partial charge in [-0.3, -0.25) is 4.79 Å². The smallest absolute Gasteiger partial charge is 0.236 e. The van der Waals surface area contributed by atoms with Crippen LogP contribution in [0.25, 0.3) is 0 Å². The van der Waals surface area contributed by atoms with E-state index in [1.165, 1.54) is 0 Å². The lowest BCUT2D eigenvalue weighted by molar-refractivity contribution is -0.205. The first-order valence-electron chi connectivity index (χ1n) is 5.03. The molecule has 1 aliphatic rings.